The summed E-state index contributed by atoms with van der Waals surface area (Å²) in [5.41, 5.74) is 8.33. The van der Waals surface area contributed by atoms with Gasteiger partial charge in [-0.2, -0.15) is 0 Å². The predicted molar refractivity (Wildman–Crippen MR) is 53.6 cm³/mol. The molecule has 2 N–H and O–H groups in total. The van der Waals surface area contributed by atoms with Crippen LogP contribution < -0.4 is 5.73 Å². The lowest BCUT2D eigenvalue weighted by Gasteiger charge is -2.43. The molecule has 1 unspecified atom stereocenters. The fourth-order valence-electron chi connectivity index (χ4n) is 3.05. The van der Waals surface area contributed by atoms with E-state index in [1.807, 2.05) is 6.07 Å². The molecule has 1 nitrogen and oxygen atoms in total. The van der Waals surface area contributed by atoms with E-state index in [9.17, 15) is 4.39 Å². The van der Waals surface area contributed by atoms with Crippen molar-refractivity contribution in [3.63, 3.8) is 0 Å². The molecule has 1 saturated carbocycles. The minimum Gasteiger partial charge on any atom is -0.327 e. The average molecular weight is 191 g/mol. The third kappa shape index (κ3) is 0.825. The summed E-state index contributed by atoms with van der Waals surface area (Å²) < 4.78 is 13.5. The van der Waals surface area contributed by atoms with Crippen molar-refractivity contribution in [2.24, 2.45) is 5.73 Å². The van der Waals surface area contributed by atoms with Gasteiger partial charge in [0.2, 0.25) is 0 Å². The van der Waals surface area contributed by atoms with Crippen LogP contribution in [-0.4, -0.2) is 6.04 Å². The zero-order chi connectivity index (χ0) is 9.76. The molecule has 0 aliphatic heterocycles. The topological polar surface area (TPSA) is 26.0 Å². The minimum atomic E-state index is -0.0678. The number of hydrogen-bond acceptors (Lipinski definition) is 1. The van der Waals surface area contributed by atoms with E-state index in [4.69, 9.17) is 5.73 Å². The Morgan fingerprint density at radius 1 is 1.36 bits per heavy atom. The molecule has 0 amide bonds. The molecule has 0 radical (unpaired) electrons. The second kappa shape index (κ2) is 2.57. The summed E-state index contributed by atoms with van der Waals surface area (Å²) >= 11 is 0. The summed E-state index contributed by atoms with van der Waals surface area (Å²) in [7, 11) is 0. The van der Waals surface area contributed by atoms with E-state index in [1.165, 1.54) is 12.0 Å². The van der Waals surface area contributed by atoms with Gasteiger partial charge in [-0.25, -0.2) is 4.39 Å². The Morgan fingerprint density at radius 3 is 2.79 bits per heavy atom. The molecule has 0 bridgehead atoms. The van der Waals surface area contributed by atoms with Crippen LogP contribution in [0, 0.1) is 5.82 Å². The molecule has 2 aliphatic carbocycles. The number of fused-ring (bicyclic) bond motifs is 2. The summed E-state index contributed by atoms with van der Waals surface area (Å²) in [5.74, 6) is -0.0678. The first-order valence-electron chi connectivity index (χ1n) is 5.27. The molecule has 14 heavy (non-hydrogen) atoms. The Labute approximate surface area is 83.1 Å². The van der Waals surface area contributed by atoms with Crippen LogP contribution >= 0.6 is 0 Å². The summed E-state index contributed by atoms with van der Waals surface area (Å²) in [6.07, 6.45) is 4.25. The molecule has 2 heteroatoms. The predicted octanol–water partition coefficient (Wildman–Crippen LogP) is 2.13. The van der Waals surface area contributed by atoms with Crippen molar-refractivity contribution in [2.75, 3.05) is 0 Å². The highest BCUT2D eigenvalue weighted by Gasteiger charge is 2.49. The van der Waals surface area contributed by atoms with Crippen LogP contribution in [0.1, 0.15) is 30.4 Å². The standard InChI is InChI=1S/C12H14FN/c13-10-4-1-3-9-8(10)7-11(14)12(9)5-2-6-12/h1,3-4,11H,2,5-7,14H2. The Balaban J connectivity index is 2.18. The Morgan fingerprint density at radius 2 is 2.14 bits per heavy atom. The van der Waals surface area contributed by atoms with Gasteiger partial charge in [-0.15, -0.1) is 0 Å². The second-order valence-electron chi connectivity index (χ2n) is 4.59. The van der Waals surface area contributed by atoms with Crippen molar-refractivity contribution < 1.29 is 4.39 Å². The molecule has 2 aliphatic rings. The van der Waals surface area contributed by atoms with Gasteiger partial charge in [0, 0.05) is 11.5 Å². The van der Waals surface area contributed by atoms with E-state index >= 15 is 0 Å². The fourth-order valence-corrected chi connectivity index (χ4v) is 3.05. The van der Waals surface area contributed by atoms with Crippen molar-refractivity contribution in [2.45, 2.75) is 37.1 Å². The van der Waals surface area contributed by atoms with Crippen LogP contribution in [0.5, 0.6) is 0 Å². The zero-order valence-electron chi connectivity index (χ0n) is 8.09. The highest BCUT2D eigenvalue weighted by molar-refractivity contribution is 5.44. The van der Waals surface area contributed by atoms with Gasteiger partial charge < -0.3 is 5.73 Å². The van der Waals surface area contributed by atoms with Crippen LogP contribution in [0.25, 0.3) is 0 Å². The number of rotatable bonds is 0. The molecule has 1 spiro atoms. The second-order valence-corrected chi connectivity index (χ2v) is 4.59. The van der Waals surface area contributed by atoms with Gasteiger partial charge in [-0.05, 0) is 36.5 Å². The van der Waals surface area contributed by atoms with Gasteiger partial charge in [0.1, 0.15) is 5.82 Å². The first kappa shape index (κ1) is 8.42. The molecule has 0 saturated heterocycles. The van der Waals surface area contributed by atoms with E-state index in [0.29, 0.717) is 0 Å². The number of hydrogen-bond donors (Lipinski definition) is 1. The molecule has 1 fully saturated rings. The van der Waals surface area contributed by atoms with E-state index < -0.39 is 0 Å². The van der Waals surface area contributed by atoms with Gasteiger partial charge in [0.05, 0.1) is 0 Å². The van der Waals surface area contributed by atoms with Crippen molar-refractivity contribution in [1.82, 2.24) is 0 Å². The molecular formula is C12H14FN. The van der Waals surface area contributed by atoms with Crippen LogP contribution in [-0.2, 0) is 11.8 Å². The van der Waals surface area contributed by atoms with Gasteiger partial charge >= 0.3 is 0 Å². The highest BCUT2D eigenvalue weighted by Crippen LogP contribution is 2.52. The Bertz CT molecular complexity index is 382. The monoisotopic (exact) mass is 191 g/mol. The summed E-state index contributed by atoms with van der Waals surface area (Å²) in [6, 6.07) is 5.56. The Kier molecular flexibility index (Phi) is 1.55. The quantitative estimate of drug-likeness (QED) is 0.668. The molecular weight excluding hydrogens is 177 g/mol. The van der Waals surface area contributed by atoms with Gasteiger partial charge in [0.15, 0.2) is 0 Å². The molecule has 0 heterocycles. The van der Waals surface area contributed by atoms with E-state index in [2.05, 4.69) is 6.07 Å². The van der Waals surface area contributed by atoms with Gasteiger partial charge in [0.25, 0.3) is 0 Å². The normalized spacial score (nSPS) is 27.4. The maximum absolute atomic E-state index is 13.5. The summed E-state index contributed by atoms with van der Waals surface area (Å²) in [5, 5.41) is 0. The molecule has 1 aromatic rings. The Hall–Kier alpha value is -0.890. The lowest BCUT2D eigenvalue weighted by molar-refractivity contribution is 0.213. The van der Waals surface area contributed by atoms with Crippen molar-refractivity contribution in [1.29, 1.82) is 0 Å². The average Bonchev–Trinajstić information content (AvgIpc) is 2.38. The molecule has 3 rings (SSSR count). The van der Waals surface area contributed by atoms with Gasteiger partial charge in [-0.3, -0.25) is 0 Å². The first-order valence-corrected chi connectivity index (χ1v) is 5.27. The lowest BCUT2D eigenvalue weighted by atomic mass is 9.63. The van der Waals surface area contributed by atoms with E-state index in [1.54, 1.807) is 6.07 Å². The van der Waals surface area contributed by atoms with Crippen molar-refractivity contribution in [3.05, 3.63) is 35.1 Å². The molecule has 1 aromatic carbocycles. The van der Waals surface area contributed by atoms with Crippen molar-refractivity contribution >= 4 is 0 Å². The van der Waals surface area contributed by atoms with Crippen LogP contribution in [0.3, 0.4) is 0 Å². The van der Waals surface area contributed by atoms with Crippen LogP contribution in [0.2, 0.25) is 0 Å². The highest BCUT2D eigenvalue weighted by atomic mass is 19.1. The summed E-state index contributed by atoms with van der Waals surface area (Å²) in [4.78, 5) is 0. The van der Waals surface area contributed by atoms with Crippen molar-refractivity contribution in [3.8, 4) is 0 Å². The van der Waals surface area contributed by atoms with E-state index in [0.717, 1.165) is 24.8 Å². The van der Waals surface area contributed by atoms with Crippen LogP contribution in [0.4, 0.5) is 4.39 Å². The maximum Gasteiger partial charge on any atom is 0.126 e. The zero-order valence-corrected chi connectivity index (χ0v) is 8.09. The van der Waals surface area contributed by atoms with Gasteiger partial charge in [-0.1, -0.05) is 18.6 Å². The SMILES string of the molecule is NC1Cc2c(F)cccc2C12CCC2. The number of benzene rings is 1. The molecule has 74 valence electrons. The molecule has 1 atom stereocenters. The largest absolute Gasteiger partial charge is 0.327 e. The number of halogens is 1. The lowest BCUT2D eigenvalue weighted by Crippen LogP contribution is -2.47. The van der Waals surface area contributed by atoms with Crippen LogP contribution in [0.15, 0.2) is 18.2 Å². The number of nitrogens with two attached hydrogens (primary N) is 1. The summed E-state index contributed by atoms with van der Waals surface area (Å²) in [6.45, 7) is 0. The fraction of sp³-hybridized carbons (Fsp3) is 0.500. The molecule has 0 aromatic heterocycles. The van der Waals surface area contributed by atoms with E-state index in [-0.39, 0.29) is 17.3 Å². The third-order valence-corrected chi connectivity index (χ3v) is 4.03. The third-order valence-electron chi connectivity index (χ3n) is 4.03. The smallest absolute Gasteiger partial charge is 0.126 e. The first-order chi connectivity index (χ1) is 6.74. The minimum absolute atomic E-state index is 0.0678. The maximum atomic E-state index is 13.5.